The number of benzene rings is 2. The summed E-state index contributed by atoms with van der Waals surface area (Å²) in [6.07, 6.45) is 2.02. The number of nitrogens with one attached hydrogen (secondary N) is 1. The number of nitrogens with zero attached hydrogens (tertiary/aromatic N) is 2. The smallest absolute Gasteiger partial charge is 0.342 e. The van der Waals surface area contributed by atoms with Crippen LogP contribution in [-0.4, -0.2) is 27.8 Å². The van der Waals surface area contributed by atoms with E-state index in [0.717, 1.165) is 30.5 Å². The topological polar surface area (TPSA) is 73.2 Å². The number of carbonyl (C=O) groups is 2. The molecule has 0 saturated heterocycles. The molecular weight excluding hydrogens is 390 g/mol. The zero-order valence-electron chi connectivity index (χ0n) is 18.1. The molecule has 1 N–H and O–H groups in total. The third-order valence-electron chi connectivity index (χ3n) is 5.84. The standard InChI is InChI=1S/C25H27N3O3/c1-16-23(17(2)28(27-16)20-12-5-4-6-13-20)25(30)31-18(3)24(29)26-22-15-9-11-19-10-7-8-14-21(19)22/h4-8,10,12-14,18,22H,9,11,15H2,1-3H3,(H,26,29)/t18-,22-/m1/s1. The van der Waals surface area contributed by atoms with E-state index < -0.39 is 12.1 Å². The molecule has 6 heteroatoms. The molecule has 0 radical (unpaired) electrons. The van der Waals surface area contributed by atoms with Gasteiger partial charge in [0.15, 0.2) is 6.10 Å². The van der Waals surface area contributed by atoms with Crippen LogP contribution in [0.15, 0.2) is 54.6 Å². The Morgan fingerprint density at radius 3 is 2.58 bits per heavy atom. The lowest BCUT2D eigenvalue weighted by molar-refractivity contribution is -0.130. The fraction of sp³-hybridized carbons (Fsp3) is 0.320. The lowest BCUT2D eigenvalue weighted by atomic mass is 9.87. The number of amides is 1. The monoisotopic (exact) mass is 417 g/mol. The van der Waals surface area contributed by atoms with Crippen LogP contribution < -0.4 is 5.32 Å². The molecule has 1 aliphatic carbocycles. The van der Waals surface area contributed by atoms with Gasteiger partial charge in [0.2, 0.25) is 0 Å². The van der Waals surface area contributed by atoms with Gasteiger partial charge in [-0.15, -0.1) is 0 Å². The summed E-state index contributed by atoms with van der Waals surface area (Å²) in [6.45, 7) is 5.20. The Bertz CT molecular complexity index is 1100. The Morgan fingerprint density at radius 2 is 1.81 bits per heavy atom. The molecule has 1 amide bonds. The maximum absolute atomic E-state index is 12.9. The highest BCUT2D eigenvalue weighted by molar-refractivity contribution is 5.94. The lowest BCUT2D eigenvalue weighted by Crippen LogP contribution is -2.39. The number of aromatic nitrogens is 2. The zero-order chi connectivity index (χ0) is 22.0. The first-order chi connectivity index (χ1) is 15.0. The van der Waals surface area contributed by atoms with E-state index in [4.69, 9.17) is 4.74 Å². The number of fused-ring (bicyclic) bond motifs is 1. The maximum atomic E-state index is 12.9. The number of ether oxygens (including phenoxy) is 1. The molecule has 0 bridgehead atoms. The minimum Gasteiger partial charge on any atom is -0.449 e. The van der Waals surface area contributed by atoms with Gasteiger partial charge in [0.25, 0.3) is 5.91 Å². The van der Waals surface area contributed by atoms with Crippen molar-refractivity contribution in [3.05, 3.63) is 82.7 Å². The molecule has 2 aromatic carbocycles. The van der Waals surface area contributed by atoms with E-state index in [1.165, 1.54) is 5.56 Å². The summed E-state index contributed by atoms with van der Waals surface area (Å²) in [5.74, 6) is -0.829. The predicted octanol–water partition coefficient (Wildman–Crippen LogP) is 4.23. The van der Waals surface area contributed by atoms with Crippen molar-refractivity contribution in [2.75, 3.05) is 0 Å². The van der Waals surface area contributed by atoms with Crippen molar-refractivity contribution in [2.45, 2.75) is 52.2 Å². The van der Waals surface area contributed by atoms with Gasteiger partial charge in [0.05, 0.1) is 23.1 Å². The van der Waals surface area contributed by atoms with Gasteiger partial charge >= 0.3 is 5.97 Å². The van der Waals surface area contributed by atoms with Crippen LogP contribution in [0.5, 0.6) is 0 Å². The van der Waals surface area contributed by atoms with Crippen molar-refractivity contribution in [3.8, 4) is 5.69 Å². The fourth-order valence-corrected chi connectivity index (χ4v) is 4.22. The number of para-hydroxylation sites is 1. The Kier molecular flexibility index (Phi) is 5.89. The van der Waals surface area contributed by atoms with Crippen LogP contribution in [0.3, 0.4) is 0 Å². The highest BCUT2D eigenvalue weighted by Gasteiger charge is 2.28. The molecule has 1 aromatic heterocycles. The van der Waals surface area contributed by atoms with Crippen LogP contribution in [0.1, 0.15) is 58.7 Å². The fourth-order valence-electron chi connectivity index (χ4n) is 4.22. The number of esters is 1. The van der Waals surface area contributed by atoms with Gasteiger partial charge < -0.3 is 10.1 Å². The van der Waals surface area contributed by atoms with Crippen LogP contribution in [0.4, 0.5) is 0 Å². The van der Waals surface area contributed by atoms with E-state index in [-0.39, 0.29) is 11.9 Å². The van der Waals surface area contributed by atoms with Crippen molar-refractivity contribution < 1.29 is 14.3 Å². The molecule has 0 fully saturated rings. The molecule has 31 heavy (non-hydrogen) atoms. The second-order valence-electron chi connectivity index (χ2n) is 7.99. The predicted molar refractivity (Wildman–Crippen MR) is 118 cm³/mol. The van der Waals surface area contributed by atoms with Gasteiger partial charge in [-0.25, -0.2) is 9.48 Å². The van der Waals surface area contributed by atoms with Gasteiger partial charge in [0.1, 0.15) is 5.56 Å². The highest BCUT2D eigenvalue weighted by Crippen LogP contribution is 2.29. The molecule has 6 nitrogen and oxygen atoms in total. The van der Waals surface area contributed by atoms with Crippen LogP contribution in [0.25, 0.3) is 5.69 Å². The van der Waals surface area contributed by atoms with E-state index >= 15 is 0 Å². The van der Waals surface area contributed by atoms with Crippen molar-refractivity contribution >= 4 is 11.9 Å². The Hall–Kier alpha value is -3.41. The molecule has 0 unspecified atom stereocenters. The third-order valence-corrected chi connectivity index (χ3v) is 5.84. The SMILES string of the molecule is Cc1nn(-c2ccccc2)c(C)c1C(=O)O[C@H](C)C(=O)N[C@@H]1CCCc2ccccc21. The minimum absolute atomic E-state index is 0.0529. The molecular formula is C25H27N3O3. The first-order valence-electron chi connectivity index (χ1n) is 10.7. The molecule has 0 saturated carbocycles. The quantitative estimate of drug-likeness (QED) is 0.631. The molecule has 0 aliphatic heterocycles. The van der Waals surface area contributed by atoms with Gasteiger partial charge in [-0.05, 0) is 63.3 Å². The van der Waals surface area contributed by atoms with Crippen LogP contribution in [0, 0.1) is 13.8 Å². The summed E-state index contributed by atoms with van der Waals surface area (Å²) in [5.41, 5.74) is 4.93. The summed E-state index contributed by atoms with van der Waals surface area (Å²) < 4.78 is 7.25. The van der Waals surface area contributed by atoms with E-state index in [1.807, 2.05) is 49.4 Å². The van der Waals surface area contributed by atoms with Gasteiger partial charge in [-0.1, -0.05) is 42.5 Å². The largest absolute Gasteiger partial charge is 0.449 e. The summed E-state index contributed by atoms with van der Waals surface area (Å²) >= 11 is 0. The number of hydrogen-bond donors (Lipinski definition) is 1. The normalized spacial score (nSPS) is 16.3. The summed E-state index contributed by atoms with van der Waals surface area (Å²) in [4.78, 5) is 25.7. The van der Waals surface area contributed by atoms with Crippen LogP contribution in [-0.2, 0) is 16.0 Å². The summed E-state index contributed by atoms with van der Waals surface area (Å²) in [7, 11) is 0. The van der Waals surface area contributed by atoms with E-state index in [1.54, 1.807) is 18.5 Å². The second-order valence-corrected chi connectivity index (χ2v) is 7.99. The third kappa shape index (κ3) is 4.24. The van der Waals surface area contributed by atoms with Gasteiger partial charge in [-0.3, -0.25) is 4.79 Å². The Morgan fingerprint density at radius 1 is 1.10 bits per heavy atom. The average molecular weight is 418 g/mol. The Balaban J connectivity index is 1.46. The highest BCUT2D eigenvalue weighted by atomic mass is 16.5. The number of aryl methyl sites for hydroxylation is 2. The number of rotatable bonds is 5. The molecule has 4 rings (SSSR count). The van der Waals surface area contributed by atoms with E-state index in [0.29, 0.717) is 17.0 Å². The van der Waals surface area contributed by atoms with Crippen molar-refractivity contribution in [1.29, 1.82) is 0 Å². The Labute approximate surface area is 182 Å². The van der Waals surface area contributed by atoms with Crippen molar-refractivity contribution in [1.82, 2.24) is 15.1 Å². The first-order valence-corrected chi connectivity index (χ1v) is 10.7. The molecule has 160 valence electrons. The average Bonchev–Trinajstić information content (AvgIpc) is 3.08. The lowest BCUT2D eigenvalue weighted by Gasteiger charge is -2.27. The zero-order valence-corrected chi connectivity index (χ0v) is 18.1. The van der Waals surface area contributed by atoms with E-state index in [9.17, 15) is 9.59 Å². The van der Waals surface area contributed by atoms with Crippen molar-refractivity contribution in [2.24, 2.45) is 0 Å². The molecule has 1 aliphatic rings. The summed E-state index contributed by atoms with van der Waals surface area (Å²) in [5, 5.41) is 7.54. The first kappa shape index (κ1) is 20.8. The molecule has 0 spiro atoms. The van der Waals surface area contributed by atoms with Gasteiger partial charge in [0, 0.05) is 0 Å². The molecule has 1 heterocycles. The van der Waals surface area contributed by atoms with Crippen molar-refractivity contribution in [3.63, 3.8) is 0 Å². The maximum Gasteiger partial charge on any atom is 0.342 e. The van der Waals surface area contributed by atoms with E-state index in [2.05, 4.69) is 22.5 Å². The number of hydrogen-bond acceptors (Lipinski definition) is 4. The second kappa shape index (κ2) is 8.76. The summed E-state index contributed by atoms with van der Waals surface area (Å²) in [6, 6.07) is 17.7. The van der Waals surface area contributed by atoms with Gasteiger partial charge in [-0.2, -0.15) is 5.10 Å². The van der Waals surface area contributed by atoms with Crippen LogP contribution in [0.2, 0.25) is 0 Å². The molecule has 3 aromatic rings. The van der Waals surface area contributed by atoms with Crippen LogP contribution >= 0.6 is 0 Å². The number of carbonyl (C=O) groups excluding carboxylic acids is 2. The minimum atomic E-state index is -0.902. The molecule has 2 atom stereocenters.